The summed E-state index contributed by atoms with van der Waals surface area (Å²) in [7, 11) is 0. The van der Waals surface area contributed by atoms with Crippen molar-refractivity contribution in [3.05, 3.63) is 44.7 Å². The van der Waals surface area contributed by atoms with Crippen molar-refractivity contribution in [2.24, 2.45) is 0 Å². The van der Waals surface area contributed by atoms with Crippen molar-refractivity contribution < 1.29 is 4.79 Å². The molecule has 0 bridgehead atoms. The zero-order chi connectivity index (χ0) is 16.1. The summed E-state index contributed by atoms with van der Waals surface area (Å²) < 4.78 is 0.861. The van der Waals surface area contributed by atoms with E-state index in [0.717, 1.165) is 16.6 Å². The van der Waals surface area contributed by atoms with Crippen LogP contribution in [-0.2, 0) is 0 Å². The van der Waals surface area contributed by atoms with Crippen LogP contribution in [0.1, 0.15) is 23.7 Å². The molecule has 22 heavy (non-hydrogen) atoms. The van der Waals surface area contributed by atoms with Crippen molar-refractivity contribution in [1.82, 2.24) is 9.97 Å². The van der Waals surface area contributed by atoms with Gasteiger partial charge in [-0.15, -0.1) is 0 Å². The van der Waals surface area contributed by atoms with Crippen LogP contribution >= 0.6 is 27.7 Å². The highest BCUT2D eigenvalue weighted by Crippen LogP contribution is 2.18. The first-order chi connectivity index (χ1) is 10.5. The second-order valence-corrected chi connectivity index (χ2v) is 6.44. The van der Waals surface area contributed by atoms with Crippen LogP contribution in [0.25, 0.3) is 0 Å². The molecule has 2 rings (SSSR count). The molecule has 0 saturated carbocycles. The minimum absolute atomic E-state index is 0.00724. The van der Waals surface area contributed by atoms with Gasteiger partial charge >= 0.3 is 0 Å². The smallest absolute Gasteiger partial charge is 0.277 e. The van der Waals surface area contributed by atoms with Crippen molar-refractivity contribution in [3.8, 4) is 0 Å². The number of aromatic nitrogens is 2. The van der Waals surface area contributed by atoms with E-state index in [-0.39, 0.29) is 11.5 Å². The van der Waals surface area contributed by atoms with E-state index in [1.165, 1.54) is 11.8 Å². The summed E-state index contributed by atoms with van der Waals surface area (Å²) in [6.45, 7) is 2.03. The Balaban J connectivity index is 2.20. The number of nitrogens with one attached hydrogen (secondary N) is 2. The Bertz CT molecular complexity index is 731. The second-order valence-electron chi connectivity index (χ2n) is 4.44. The number of H-pyrrole nitrogens is 1. The fourth-order valence-corrected chi connectivity index (χ4v) is 2.63. The van der Waals surface area contributed by atoms with Crippen molar-refractivity contribution in [2.45, 2.75) is 18.5 Å². The van der Waals surface area contributed by atoms with Crippen LogP contribution in [-0.4, -0.2) is 21.6 Å². The fourth-order valence-electron chi connectivity index (χ4n) is 1.64. The van der Waals surface area contributed by atoms with E-state index in [9.17, 15) is 9.59 Å². The molecule has 8 heteroatoms. The predicted molar refractivity (Wildman–Crippen MR) is 92.4 cm³/mol. The molecule has 1 amide bonds. The minimum Gasteiger partial charge on any atom is -0.382 e. The third-order valence-electron chi connectivity index (χ3n) is 2.71. The van der Waals surface area contributed by atoms with Gasteiger partial charge in [0, 0.05) is 15.8 Å². The lowest BCUT2D eigenvalue weighted by atomic mass is 10.2. The van der Waals surface area contributed by atoms with Gasteiger partial charge in [-0.1, -0.05) is 34.6 Å². The Labute approximate surface area is 140 Å². The van der Waals surface area contributed by atoms with E-state index < -0.39 is 11.5 Å². The molecule has 0 spiro atoms. The summed E-state index contributed by atoms with van der Waals surface area (Å²) in [6, 6.07) is 6.77. The first kappa shape index (κ1) is 16.6. The summed E-state index contributed by atoms with van der Waals surface area (Å²) in [6.07, 6.45) is 0.955. The van der Waals surface area contributed by atoms with Crippen LogP contribution in [0.3, 0.4) is 0 Å². The number of nitrogens with two attached hydrogens (primary N) is 1. The number of rotatable bonds is 5. The zero-order valence-electron chi connectivity index (χ0n) is 11.9. The van der Waals surface area contributed by atoms with E-state index in [2.05, 4.69) is 31.2 Å². The van der Waals surface area contributed by atoms with Gasteiger partial charge in [0.15, 0.2) is 11.0 Å². The van der Waals surface area contributed by atoms with Gasteiger partial charge < -0.3 is 11.1 Å². The average molecular weight is 383 g/mol. The summed E-state index contributed by atoms with van der Waals surface area (Å²) >= 11 is 4.70. The Morgan fingerprint density at radius 3 is 2.68 bits per heavy atom. The highest BCUT2D eigenvalue weighted by Gasteiger charge is 2.13. The molecule has 0 atom stereocenters. The van der Waals surface area contributed by atoms with Crippen molar-refractivity contribution in [2.75, 3.05) is 16.8 Å². The van der Waals surface area contributed by atoms with Crippen molar-refractivity contribution >= 4 is 45.1 Å². The molecule has 0 saturated heterocycles. The van der Waals surface area contributed by atoms with Gasteiger partial charge in [0.1, 0.15) is 5.69 Å². The maximum Gasteiger partial charge on any atom is 0.277 e. The standard InChI is InChI=1S/C14H15BrN4O2S/c1-2-7-22-14-18-11(16)10(13(21)19-14)17-12(20)8-3-5-9(15)6-4-8/h3-6H,2,7H2,1H3,(H,17,20)(H3,16,18,19,21). The number of nitrogens with zero attached hydrogens (tertiary/aromatic N) is 1. The Morgan fingerprint density at radius 1 is 1.41 bits per heavy atom. The van der Waals surface area contributed by atoms with E-state index in [1.54, 1.807) is 24.3 Å². The van der Waals surface area contributed by atoms with Gasteiger partial charge in [0.25, 0.3) is 11.5 Å². The van der Waals surface area contributed by atoms with E-state index in [0.29, 0.717) is 10.7 Å². The number of anilines is 2. The maximum absolute atomic E-state index is 12.1. The normalized spacial score (nSPS) is 10.5. The van der Waals surface area contributed by atoms with E-state index >= 15 is 0 Å². The second kappa shape index (κ2) is 7.46. The quantitative estimate of drug-likeness (QED) is 0.545. The van der Waals surface area contributed by atoms with Crippen molar-refractivity contribution in [3.63, 3.8) is 0 Å². The summed E-state index contributed by atoms with van der Waals surface area (Å²) in [5.74, 6) is 0.417. The van der Waals surface area contributed by atoms with Crippen LogP contribution in [0.15, 0.2) is 38.7 Å². The van der Waals surface area contributed by atoms with E-state index in [1.807, 2.05) is 6.92 Å². The Kier molecular flexibility index (Phi) is 5.62. The largest absolute Gasteiger partial charge is 0.382 e. The molecule has 2 aromatic rings. The first-order valence-electron chi connectivity index (χ1n) is 6.60. The molecule has 1 aromatic heterocycles. The molecular weight excluding hydrogens is 368 g/mol. The maximum atomic E-state index is 12.1. The molecule has 0 unspecified atom stereocenters. The number of carbonyl (C=O) groups is 1. The number of amides is 1. The highest BCUT2D eigenvalue weighted by atomic mass is 79.9. The van der Waals surface area contributed by atoms with Gasteiger partial charge in [-0.25, -0.2) is 4.98 Å². The number of hydrogen-bond acceptors (Lipinski definition) is 5. The van der Waals surface area contributed by atoms with Crippen LogP contribution in [0, 0.1) is 0 Å². The van der Waals surface area contributed by atoms with Gasteiger partial charge in [-0.2, -0.15) is 0 Å². The average Bonchev–Trinajstić information content (AvgIpc) is 2.49. The molecule has 116 valence electrons. The third kappa shape index (κ3) is 4.11. The third-order valence-corrected chi connectivity index (χ3v) is 4.32. The summed E-state index contributed by atoms with van der Waals surface area (Å²) in [5.41, 5.74) is 5.71. The lowest BCUT2D eigenvalue weighted by Gasteiger charge is -2.08. The van der Waals surface area contributed by atoms with Crippen LogP contribution in [0.4, 0.5) is 11.5 Å². The molecule has 1 aromatic carbocycles. The molecule has 4 N–H and O–H groups in total. The minimum atomic E-state index is -0.462. The molecule has 0 aliphatic rings. The number of aromatic amines is 1. The molecule has 0 radical (unpaired) electrons. The predicted octanol–water partition coefficient (Wildman–Crippen LogP) is 2.87. The molecule has 0 aliphatic heterocycles. The highest BCUT2D eigenvalue weighted by molar-refractivity contribution is 9.10. The number of nitrogen functional groups attached to an aromatic ring is 1. The van der Waals surface area contributed by atoms with Crippen LogP contribution in [0.5, 0.6) is 0 Å². The first-order valence-corrected chi connectivity index (χ1v) is 8.38. The zero-order valence-corrected chi connectivity index (χ0v) is 14.3. The Hall–Kier alpha value is -1.80. The van der Waals surface area contributed by atoms with Crippen LogP contribution < -0.4 is 16.6 Å². The van der Waals surface area contributed by atoms with Crippen LogP contribution in [0.2, 0.25) is 0 Å². The number of thioether (sulfide) groups is 1. The SMILES string of the molecule is CCCSc1nc(N)c(NC(=O)c2ccc(Br)cc2)c(=O)[nH]1. The molecular formula is C14H15BrN4O2S. The van der Waals surface area contributed by atoms with Crippen molar-refractivity contribution in [1.29, 1.82) is 0 Å². The van der Waals surface area contributed by atoms with E-state index in [4.69, 9.17) is 5.73 Å². The summed E-state index contributed by atoms with van der Waals surface area (Å²) in [4.78, 5) is 30.9. The molecule has 0 aliphatic carbocycles. The number of carbonyl (C=O) groups excluding carboxylic acids is 1. The van der Waals surface area contributed by atoms with Gasteiger partial charge in [-0.05, 0) is 30.7 Å². The number of benzene rings is 1. The number of halogens is 1. The topological polar surface area (TPSA) is 101 Å². The fraction of sp³-hybridized carbons (Fsp3) is 0.214. The van der Waals surface area contributed by atoms with Gasteiger partial charge in [0.05, 0.1) is 0 Å². The Morgan fingerprint density at radius 2 is 2.09 bits per heavy atom. The number of hydrogen-bond donors (Lipinski definition) is 3. The lowest BCUT2D eigenvalue weighted by Crippen LogP contribution is -2.23. The molecule has 1 heterocycles. The molecule has 0 fully saturated rings. The summed E-state index contributed by atoms with van der Waals surface area (Å²) in [5, 5.41) is 2.95. The van der Waals surface area contributed by atoms with Gasteiger partial charge in [0.2, 0.25) is 0 Å². The van der Waals surface area contributed by atoms with Gasteiger partial charge in [-0.3, -0.25) is 14.6 Å². The molecule has 6 nitrogen and oxygen atoms in total. The monoisotopic (exact) mass is 382 g/mol. The lowest BCUT2D eigenvalue weighted by molar-refractivity contribution is 0.102.